The zero-order valence-electron chi connectivity index (χ0n) is 11.0. The molecule has 1 aromatic heterocycles. The van der Waals surface area contributed by atoms with Gasteiger partial charge in [-0.05, 0) is 12.5 Å². The third-order valence-corrected chi connectivity index (χ3v) is 5.34. The molecule has 2 aliphatic heterocycles. The Bertz CT molecular complexity index is 718. The normalized spacial score (nSPS) is 23.9. The highest BCUT2D eigenvalue weighted by molar-refractivity contribution is 8.00. The number of benzene rings is 1. The first-order chi connectivity index (χ1) is 9.73. The molecule has 4 rings (SSSR count). The van der Waals surface area contributed by atoms with Crippen LogP contribution in [0.5, 0.6) is 0 Å². The van der Waals surface area contributed by atoms with E-state index in [1.165, 1.54) is 5.56 Å². The van der Waals surface area contributed by atoms with Crippen LogP contribution in [0.2, 0.25) is 0 Å². The maximum Gasteiger partial charge on any atom is 0.276 e. The summed E-state index contributed by atoms with van der Waals surface area (Å²) in [5.74, 6) is 0.926. The van der Waals surface area contributed by atoms with Crippen LogP contribution in [0.3, 0.4) is 0 Å². The summed E-state index contributed by atoms with van der Waals surface area (Å²) in [7, 11) is 0. The summed E-state index contributed by atoms with van der Waals surface area (Å²) < 4.78 is 0. The van der Waals surface area contributed by atoms with Gasteiger partial charge in [0.15, 0.2) is 10.6 Å². The van der Waals surface area contributed by atoms with Crippen molar-refractivity contribution in [3.63, 3.8) is 0 Å². The molecule has 20 heavy (non-hydrogen) atoms. The third-order valence-electron chi connectivity index (χ3n) is 3.88. The molecule has 0 saturated carbocycles. The Morgan fingerprint density at radius 2 is 2.15 bits per heavy atom. The van der Waals surface area contributed by atoms with Crippen molar-refractivity contribution < 1.29 is 4.79 Å². The fourth-order valence-corrected chi connectivity index (χ4v) is 4.54. The first-order valence-electron chi connectivity index (χ1n) is 6.58. The zero-order chi connectivity index (χ0) is 13.7. The topological polar surface area (TPSA) is 46.1 Å². The Kier molecular flexibility index (Phi) is 2.41. The van der Waals surface area contributed by atoms with Crippen LogP contribution in [-0.4, -0.2) is 33.1 Å². The van der Waals surface area contributed by atoms with Gasteiger partial charge in [-0.15, -0.1) is 11.8 Å². The van der Waals surface area contributed by atoms with Gasteiger partial charge in [0.1, 0.15) is 5.69 Å². The van der Waals surface area contributed by atoms with Crippen LogP contribution in [0, 0.1) is 6.92 Å². The Labute approximate surface area is 121 Å². The number of carbonyl (C=O) groups excluding carboxylic acids is 1. The lowest BCUT2D eigenvalue weighted by atomic mass is 10.0. The Morgan fingerprint density at radius 1 is 1.30 bits per heavy atom. The lowest BCUT2D eigenvalue weighted by molar-refractivity contribution is 0.0748. The summed E-state index contributed by atoms with van der Waals surface area (Å²) in [5, 5.41) is 0. The van der Waals surface area contributed by atoms with E-state index in [2.05, 4.69) is 35.1 Å². The first-order valence-corrected chi connectivity index (χ1v) is 7.56. The summed E-state index contributed by atoms with van der Waals surface area (Å²) >= 11 is 1.77. The van der Waals surface area contributed by atoms with Crippen LogP contribution in [0.1, 0.15) is 27.3 Å². The van der Waals surface area contributed by atoms with E-state index < -0.39 is 4.87 Å². The highest BCUT2D eigenvalue weighted by Gasteiger charge is 2.56. The van der Waals surface area contributed by atoms with Crippen LogP contribution >= 0.6 is 11.8 Å². The number of aryl methyl sites for hydroxylation is 1. The molecule has 2 aromatic rings. The summed E-state index contributed by atoms with van der Waals surface area (Å²) in [5.41, 5.74) is 3.60. The van der Waals surface area contributed by atoms with Gasteiger partial charge < -0.3 is 4.90 Å². The molecule has 0 aliphatic carbocycles. The third kappa shape index (κ3) is 1.36. The fourth-order valence-electron chi connectivity index (χ4n) is 3.06. The van der Waals surface area contributed by atoms with E-state index >= 15 is 0 Å². The number of hydrogen-bond acceptors (Lipinski definition) is 4. The quantitative estimate of drug-likeness (QED) is 0.805. The number of amides is 1. The van der Waals surface area contributed by atoms with E-state index in [1.807, 2.05) is 11.0 Å². The average molecular weight is 283 g/mol. The van der Waals surface area contributed by atoms with Crippen LogP contribution < -0.4 is 0 Å². The number of thioether (sulfide) groups is 1. The minimum absolute atomic E-state index is 0.000365. The molecule has 1 atom stereocenters. The first kappa shape index (κ1) is 11.9. The molecule has 2 aliphatic rings. The van der Waals surface area contributed by atoms with Gasteiger partial charge in [0, 0.05) is 24.7 Å². The molecule has 1 unspecified atom stereocenters. The lowest BCUT2D eigenvalue weighted by Gasteiger charge is -2.31. The van der Waals surface area contributed by atoms with Gasteiger partial charge >= 0.3 is 0 Å². The maximum absolute atomic E-state index is 12.6. The van der Waals surface area contributed by atoms with Crippen molar-refractivity contribution in [3.8, 4) is 0 Å². The minimum Gasteiger partial charge on any atom is -0.312 e. The average Bonchev–Trinajstić information content (AvgIpc) is 3.00. The molecular formula is C15H13N3OS. The molecule has 0 radical (unpaired) electrons. The van der Waals surface area contributed by atoms with Crippen LogP contribution in [0.4, 0.5) is 0 Å². The van der Waals surface area contributed by atoms with E-state index in [0.717, 1.165) is 23.6 Å². The molecule has 5 heteroatoms. The van der Waals surface area contributed by atoms with Crippen molar-refractivity contribution >= 4 is 17.7 Å². The van der Waals surface area contributed by atoms with Crippen molar-refractivity contribution in [1.82, 2.24) is 14.9 Å². The van der Waals surface area contributed by atoms with Gasteiger partial charge in [-0.1, -0.05) is 29.8 Å². The highest BCUT2D eigenvalue weighted by atomic mass is 32.2. The smallest absolute Gasteiger partial charge is 0.276 e. The molecule has 1 amide bonds. The van der Waals surface area contributed by atoms with E-state index in [4.69, 9.17) is 0 Å². The predicted molar refractivity (Wildman–Crippen MR) is 77.5 cm³/mol. The lowest BCUT2D eigenvalue weighted by Crippen LogP contribution is -2.38. The van der Waals surface area contributed by atoms with Crippen LogP contribution in [0.25, 0.3) is 0 Å². The van der Waals surface area contributed by atoms with Crippen LogP contribution in [-0.2, 0) is 4.87 Å². The van der Waals surface area contributed by atoms with Gasteiger partial charge in [0.25, 0.3) is 5.91 Å². The van der Waals surface area contributed by atoms with Gasteiger partial charge in [-0.2, -0.15) is 0 Å². The molecule has 1 saturated heterocycles. The highest BCUT2D eigenvalue weighted by Crippen LogP contribution is 2.53. The minimum atomic E-state index is -0.479. The van der Waals surface area contributed by atoms with Crippen molar-refractivity contribution in [2.45, 2.75) is 11.8 Å². The second kappa shape index (κ2) is 4.06. The molecule has 4 nitrogen and oxygen atoms in total. The number of carbonyl (C=O) groups is 1. The molecular weight excluding hydrogens is 270 g/mol. The number of aromatic nitrogens is 2. The zero-order valence-corrected chi connectivity index (χ0v) is 11.9. The van der Waals surface area contributed by atoms with Crippen molar-refractivity contribution in [2.24, 2.45) is 0 Å². The number of nitrogens with zero attached hydrogens (tertiary/aromatic N) is 3. The summed E-state index contributed by atoms with van der Waals surface area (Å²) in [6.45, 7) is 2.81. The van der Waals surface area contributed by atoms with E-state index in [9.17, 15) is 4.79 Å². The molecule has 0 bridgehead atoms. The van der Waals surface area contributed by atoms with E-state index in [-0.39, 0.29) is 5.91 Å². The molecule has 0 N–H and O–H groups in total. The van der Waals surface area contributed by atoms with Gasteiger partial charge in [-0.25, -0.2) is 4.98 Å². The second-order valence-corrected chi connectivity index (χ2v) is 6.36. The van der Waals surface area contributed by atoms with Crippen molar-refractivity contribution in [1.29, 1.82) is 0 Å². The van der Waals surface area contributed by atoms with E-state index in [1.54, 1.807) is 24.2 Å². The summed E-state index contributed by atoms with van der Waals surface area (Å²) in [6.07, 6.45) is 3.26. The number of fused-ring (bicyclic) bond motifs is 3. The molecule has 100 valence electrons. The van der Waals surface area contributed by atoms with Gasteiger partial charge in [-0.3, -0.25) is 9.78 Å². The Balaban J connectivity index is 2.01. The molecule has 1 aromatic carbocycles. The summed E-state index contributed by atoms with van der Waals surface area (Å²) in [4.78, 5) is 22.7. The summed E-state index contributed by atoms with van der Waals surface area (Å²) in [6, 6.07) is 8.32. The Hall–Kier alpha value is -1.88. The standard InChI is InChI=1S/C15H13N3OS/c1-10-3-2-4-11(9-10)15-13-12(16-5-6-17-13)14(19)18(15)7-8-20-15/h2-6,9H,7-8H2,1H3. The van der Waals surface area contributed by atoms with Crippen molar-refractivity contribution in [3.05, 3.63) is 59.2 Å². The van der Waals surface area contributed by atoms with Gasteiger partial charge in [0.05, 0.1) is 0 Å². The van der Waals surface area contributed by atoms with Gasteiger partial charge in [0.2, 0.25) is 0 Å². The fraction of sp³-hybridized carbons (Fsp3) is 0.267. The van der Waals surface area contributed by atoms with Crippen LogP contribution in [0.15, 0.2) is 36.7 Å². The number of hydrogen-bond donors (Lipinski definition) is 0. The molecule has 0 spiro atoms. The number of rotatable bonds is 1. The Morgan fingerprint density at radius 3 is 3.00 bits per heavy atom. The molecule has 1 fully saturated rings. The van der Waals surface area contributed by atoms with Crippen molar-refractivity contribution in [2.75, 3.05) is 12.3 Å². The molecule has 3 heterocycles. The predicted octanol–water partition coefficient (Wildman–Crippen LogP) is 2.19. The van der Waals surface area contributed by atoms with E-state index in [0.29, 0.717) is 5.69 Å². The monoisotopic (exact) mass is 283 g/mol. The second-order valence-electron chi connectivity index (χ2n) is 5.07. The maximum atomic E-state index is 12.6. The SMILES string of the molecule is Cc1cccc(C23SCCN2C(=O)c2nccnc23)c1. The largest absolute Gasteiger partial charge is 0.312 e.